The second-order valence-electron chi connectivity index (χ2n) is 7.15. The highest BCUT2D eigenvalue weighted by Crippen LogP contribution is 2.24. The number of fused-ring (bicyclic) bond motifs is 1. The third-order valence-corrected chi connectivity index (χ3v) is 5.20. The molecular weight excluding hydrogens is 380 g/mol. The van der Waals surface area contributed by atoms with Crippen molar-refractivity contribution in [2.45, 2.75) is 27.3 Å². The van der Waals surface area contributed by atoms with Gasteiger partial charge in [-0.3, -0.25) is 25.4 Å². The van der Waals surface area contributed by atoms with Crippen LogP contribution < -0.4 is 10.9 Å². The molecule has 0 aliphatic carbocycles. The molecule has 152 valence electrons. The molecule has 2 amide bonds. The van der Waals surface area contributed by atoms with Crippen molar-refractivity contribution >= 4 is 22.8 Å². The SMILES string of the molecule is Cc1c(C(=O)NNC(=O)c2cc(C)n(Cc3ccccn3)c2C)oc2ccccc12. The molecular formula is C23H22N4O3. The first-order valence-corrected chi connectivity index (χ1v) is 9.61. The minimum atomic E-state index is -0.501. The Bertz CT molecular complexity index is 1240. The van der Waals surface area contributed by atoms with Gasteiger partial charge in [0.1, 0.15) is 5.58 Å². The van der Waals surface area contributed by atoms with Crippen molar-refractivity contribution in [1.82, 2.24) is 20.4 Å². The number of hydrogen-bond donors (Lipinski definition) is 2. The highest BCUT2D eigenvalue weighted by molar-refractivity contribution is 6.01. The Labute approximate surface area is 173 Å². The molecule has 0 saturated heterocycles. The summed E-state index contributed by atoms with van der Waals surface area (Å²) in [5.74, 6) is -0.714. The van der Waals surface area contributed by atoms with Gasteiger partial charge in [0.25, 0.3) is 5.91 Å². The molecule has 4 rings (SSSR count). The van der Waals surface area contributed by atoms with Crippen molar-refractivity contribution in [1.29, 1.82) is 0 Å². The quantitative estimate of drug-likeness (QED) is 0.510. The third kappa shape index (κ3) is 3.57. The lowest BCUT2D eigenvalue weighted by molar-refractivity contribution is 0.0831. The van der Waals surface area contributed by atoms with Crippen LogP contribution in [0.15, 0.2) is 59.1 Å². The number of aromatic nitrogens is 2. The number of hydrogen-bond acceptors (Lipinski definition) is 4. The molecule has 0 fully saturated rings. The number of furan rings is 1. The molecule has 1 aromatic carbocycles. The summed E-state index contributed by atoms with van der Waals surface area (Å²) in [5, 5.41) is 0.868. The number of nitrogens with zero attached hydrogens (tertiary/aromatic N) is 2. The van der Waals surface area contributed by atoms with E-state index in [1.54, 1.807) is 18.3 Å². The summed E-state index contributed by atoms with van der Waals surface area (Å²) in [5.41, 5.74) is 9.42. The van der Waals surface area contributed by atoms with Gasteiger partial charge in [-0.05, 0) is 45.0 Å². The van der Waals surface area contributed by atoms with E-state index in [9.17, 15) is 9.59 Å². The lowest BCUT2D eigenvalue weighted by atomic mass is 10.1. The van der Waals surface area contributed by atoms with Gasteiger partial charge in [-0.1, -0.05) is 24.3 Å². The van der Waals surface area contributed by atoms with E-state index in [0.717, 1.165) is 28.0 Å². The summed E-state index contributed by atoms with van der Waals surface area (Å²) in [6, 6.07) is 14.9. The minimum Gasteiger partial charge on any atom is -0.451 e. The first-order chi connectivity index (χ1) is 14.5. The average molecular weight is 402 g/mol. The normalized spacial score (nSPS) is 10.9. The lowest BCUT2D eigenvalue weighted by Gasteiger charge is -2.10. The maximum absolute atomic E-state index is 12.7. The number of pyridine rings is 1. The fourth-order valence-corrected chi connectivity index (χ4v) is 3.56. The van der Waals surface area contributed by atoms with Crippen molar-refractivity contribution in [3.63, 3.8) is 0 Å². The molecule has 0 saturated carbocycles. The van der Waals surface area contributed by atoms with Gasteiger partial charge < -0.3 is 8.98 Å². The predicted octanol–water partition coefficient (Wildman–Crippen LogP) is 3.68. The number of benzene rings is 1. The van der Waals surface area contributed by atoms with Gasteiger partial charge in [0.05, 0.1) is 17.8 Å². The monoisotopic (exact) mass is 402 g/mol. The zero-order valence-corrected chi connectivity index (χ0v) is 17.0. The lowest BCUT2D eigenvalue weighted by Crippen LogP contribution is -2.41. The van der Waals surface area contributed by atoms with Crippen LogP contribution in [0.3, 0.4) is 0 Å². The van der Waals surface area contributed by atoms with Crippen LogP contribution in [0.5, 0.6) is 0 Å². The second kappa shape index (κ2) is 7.87. The molecule has 0 unspecified atom stereocenters. The van der Waals surface area contributed by atoms with Crippen LogP contribution in [0.4, 0.5) is 0 Å². The zero-order valence-electron chi connectivity index (χ0n) is 17.0. The van der Waals surface area contributed by atoms with E-state index in [2.05, 4.69) is 15.8 Å². The molecule has 0 aliphatic heterocycles. The van der Waals surface area contributed by atoms with E-state index in [1.165, 1.54) is 0 Å². The summed E-state index contributed by atoms with van der Waals surface area (Å²) in [6.45, 7) is 6.18. The fraction of sp³-hybridized carbons (Fsp3) is 0.174. The molecule has 0 atom stereocenters. The van der Waals surface area contributed by atoms with Gasteiger partial charge in [0.15, 0.2) is 5.76 Å². The molecule has 0 spiro atoms. The number of carbonyl (C=O) groups excluding carboxylic acids is 2. The topological polar surface area (TPSA) is 89.2 Å². The van der Waals surface area contributed by atoms with E-state index >= 15 is 0 Å². The Kier molecular flexibility index (Phi) is 5.10. The van der Waals surface area contributed by atoms with Crippen LogP contribution in [-0.2, 0) is 6.54 Å². The minimum absolute atomic E-state index is 0.178. The predicted molar refractivity (Wildman–Crippen MR) is 113 cm³/mol. The summed E-state index contributed by atoms with van der Waals surface area (Å²) >= 11 is 0. The Morgan fingerprint density at radius 1 is 1.00 bits per heavy atom. The van der Waals surface area contributed by atoms with Crippen LogP contribution in [0.1, 0.15) is 43.6 Å². The van der Waals surface area contributed by atoms with Crippen LogP contribution >= 0.6 is 0 Å². The van der Waals surface area contributed by atoms with Gasteiger partial charge in [0, 0.05) is 28.5 Å². The number of amides is 2. The number of hydrazine groups is 1. The molecule has 30 heavy (non-hydrogen) atoms. The van der Waals surface area contributed by atoms with Gasteiger partial charge in [-0.25, -0.2) is 0 Å². The zero-order chi connectivity index (χ0) is 21.3. The van der Waals surface area contributed by atoms with Crippen LogP contribution in [0, 0.1) is 20.8 Å². The third-order valence-electron chi connectivity index (χ3n) is 5.20. The summed E-state index contributed by atoms with van der Waals surface area (Å²) in [4.78, 5) is 29.6. The number of aryl methyl sites for hydroxylation is 2. The smallest absolute Gasteiger partial charge is 0.305 e. The Balaban J connectivity index is 1.48. The standard InChI is InChI=1S/C23H22N4O3/c1-14-12-19(16(3)27(14)13-17-8-6-7-11-24-17)22(28)25-26-23(29)21-15(2)18-9-4-5-10-20(18)30-21/h4-12H,13H2,1-3H3,(H,25,28)(H,26,29). The average Bonchev–Trinajstić information content (AvgIpc) is 3.24. The first kappa shape index (κ1) is 19.4. The number of nitrogens with one attached hydrogen (secondary N) is 2. The molecule has 4 aromatic rings. The molecule has 0 aliphatic rings. The Morgan fingerprint density at radius 2 is 1.73 bits per heavy atom. The van der Waals surface area contributed by atoms with Gasteiger partial charge in [-0.2, -0.15) is 0 Å². The highest BCUT2D eigenvalue weighted by Gasteiger charge is 2.20. The van der Waals surface area contributed by atoms with Crippen molar-refractivity contribution in [3.8, 4) is 0 Å². The largest absolute Gasteiger partial charge is 0.451 e. The van der Waals surface area contributed by atoms with Crippen molar-refractivity contribution in [3.05, 3.63) is 88.7 Å². The highest BCUT2D eigenvalue weighted by atomic mass is 16.3. The van der Waals surface area contributed by atoms with Crippen molar-refractivity contribution in [2.75, 3.05) is 0 Å². The molecule has 7 nitrogen and oxygen atoms in total. The summed E-state index contributed by atoms with van der Waals surface area (Å²) in [6.07, 6.45) is 1.74. The molecule has 3 aromatic heterocycles. The van der Waals surface area contributed by atoms with Gasteiger partial charge in [-0.15, -0.1) is 0 Å². The number of para-hydroxylation sites is 1. The van der Waals surface area contributed by atoms with Crippen molar-refractivity contribution < 1.29 is 14.0 Å². The maximum Gasteiger partial charge on any atom is 0.305 e. The number of carbonyl (C=O) groups is 2. The van der Waals surface area contributed by atoms with E-state index in [-0.39, 0.29) is 5.76 Å². The Morgan fingerprint density at radius 3 is 2.47 bits per heavy atom. The number of rotatable bonds is 4. The molecule has 0 radical (unpaired) electrons. The second-order valence-corrected chi connectivity index (χ2v) is 7.15. The molecule has 7 heteroatoms. The van der Waals surface area contributed by atoms with Gasteiger partial charge in [0.2, 0.25) is 0 Å². The fourth-order valence-electron chi connectivity index (χ4n) is 3.56. The van der Waals surface area contributed by atoms with E-state index in [4.69, 9.17) is 4.42 Å². The Hall–Kier alpha value is -3.87. The van der Waals surface area contributed by atoms with Gasteiger partial charge >= 0.3 is 5.91 Å². The van der Waals surface area contributed by atoms with Crippen molar-refractivity contribution in [2.24, 2.45) is 0 Å². The van der Waals surface area contributed by atoms with E-state index in [1.807, 2.05) is 61.7 Å². The van der Waals surface area contributed by atoms with Crippen LogP contribution in [0.2, 0.25) is 0 Å². The summed E-state index contributed by atoms with van der Waals surface area (Å²) in [7, 11) is 0. The van der Waals surface area contributed by atoms with E-state index in [0.29, 0.717) is 17.7 Å². The molecule has 0 bridgehead atoms. The van der Waals surface area contributed by atoms with Crippen LogP contribution in [0.25, 0.3) is 11.0 Å². The molecule has 2 N–H and O–H groups in total. The van der Waals surface area contributed by atoms with Crippen LogP contribution in [-0.4, -0.2) is 21.4 Å². The molecule has 3 heterocycles. The summed E-state index contributed by atoms with van der Waals surface area (Å²) < 4.78 is 7.65. The first-order valence-electron chi connectivity index (χ1n) is 9.61. The maximum atomic E-state index is 12.7. The van der Waals surface area contributed by atoms with E-state index < -0.39 is 11.8 Å².